The summed E-state index contributed by atoms with van der Waals surface area (Å²) in [5.41, 5.74) is 1.23. The van der Waals surface area contributed by atoms with Crippen LogP contribution in [0.3, 0.4) is 0 Å². The van der Waals surface area contributed by atoms with Crippen molar-refractivity contribution in [1.82, 2.24) is 4.90 Å². The van der Waals surface area contributed by atoms with Gasteiger partial charge in [0.15, 0.2) is 0 Å². The maximum atomic E-state index is 13.2. The number of nitrogens with zero attached hydrogens (tertiary/aromatic N) is 2. The molecule has 1 atom stereocenters. The molecule has 4 rings (SSSR count). The molecule has 1 aliphatic heterocycles. The molecule has 2 fully saturated rings. The second-order valence-corrected chi connectivity index (χ2v) is 9.79. The highest BCUT2D eigenvalue weighted by molar-refractivity contribution is 7.89. The van der Waals surface area contributed by atoms with Crippen LogP contribution in [-0.2, 0) is 30.8 Å². The van der Waals surface area contributed by atoms with E-state index in [0.717, 1.165) is 23.3 Å². The minimum atomic E-state index is -3.79. The number of primary sulfonamides is 1. The van der Waals surface area contributed by atoms with Crippen LogP contribution in [0.4, 0.5) is 5.69 Å². The van der Waals surface area contributed by atoms with Crippen LogP contribution in [0.25, 0.3) is 0 Å². The van der Waals surface area contributed by atoms with Crippen LogP contribution in [-0.4, -0.2) is 50.7 Å². The smallest absolute Gasteiger partial charge is 0.257 e. The predicted octanol–water partition coefficient (Wildman–Crippen LogP) is 1.46. The van der Waals surface area contributed by atoms with E-state index in [0.29, 0.717) is 17.9 Å². The first kappa shape index (κ1) is 22.9. The maximum Gasteiger partial charge on any atom is 0.257 e. The summed E-state index contributed by atoms with van der Waals surface area (Å²) in [5, 5.41) is 5.14. The Hall–Kier alpha value is -3.24. The van der Waals surface area contributed by atoms with Crippen molar-refractivity contribution in [2.45, 2.75) is 36.6 Å². The van der Waals surface area contributed by atoms with Crippen molar-refractivity contribution >= 4 is 33.4 Å². The van der Waals surface area contributed by atoms with E-state index in [-0.39, 0.29) is 35.6 Å². The summed E-state index contributed by atoms with van der Waals surface area (Å²) in [4.78, 5) is 41.6. The van der Waals surface area contributed by atoms with Crippen molar-refractivity contribution in [2.75, 3.05) is 18.6 Å². The van der Waals surface area contributed by atoms with Crippen LogP contribution < -0.4 is 14.8 Å². The number of benzene rings is 2. The van der Waals surface area contributed by atoms with Gasteiger partial charge in [-0.3, -0.25) is 14.4 Å². The Kier molecular flexibility index (Phi) is 6.22. The molecule has 2 aromatic carbocycles. The molecule has 0 spiro atoms. The third kappa shape index (κ3) is 4.91. The Labute approximate surface area is 192 Å². The Balaban J connectivity index is 1.52. The van der Waals surface area contributed by atoms with E-state index in [1.54, 1.807) is 36.4 Å². The largest absolute Gasteiger partial charge is 0.497 e. The second-order valence-electron chi connectivity index (χ2n) is 8.23. The van der Waals surface area contributed by atoms with Gasteiger partial charge >= 0.3 is 0 Å². The summed E-state index contributed by atoms with van der Waals surface area (Å²) >= 11 is 0. The molecular formula is C23H25N3O6S. The molecule has 0 radical (unpaired) electrons. The van der Waals surface area contributed by atoms with E-state index in [2.05, 4.69) is 0 Å². The van der Waals surface area contributed by atoms with Crippen molar-refractivity contribution < 1.29 is 27.5 Å². The van der Waals surface area contributed by atoms with Gasteiger partial charge in [-0.1, -0.05) is 12.1 Å². The highest BCUT2D eigenvalue weighted by Gasteiger charge is 2.46. The molecule has 2 aromatic rings. The van der Waals surface area contributed by atoms with Crippen LogP contribution in [0.1, 0.15) is 24.8 Å². The number of rotatable bonds is 8. The van der Waals surface area contributed by atoms with Gasteiger partial charge in [-0.15, -0.1) is 0 Å². The summed E-state index contributed by atoms with van der Waals surface area (Å²) in [5.74, 6) is -0.426. The van der Waals surface area contributed by atoms with Gasteiger partial charge in [-0.2, -0.15) is 0 Å². The van der Waals surface area contributed by atoms with E-state index in [1.807, 2.05) is 0 Å². The number of ether oxygens (including phenoxy) is 1. The Bertz CT molecular complexity index is 1170. The number of carbonyl (C=O) groups is 3. The van der Waals surface area contributed by atoms with Crippen molar-refractivity contribution in [1.29, 1.82) is 0 Å². The number of carbonyl (C=O) groups excluding carboxylic acids is 3. The monoisotopic (exact) mass is 471 g/mol. The Morgan fingerprint density at radius 3 is 2.27 bits per heavy atom. The zero-order valence-electron chi connectivity index (χ0n) is 18.1. The molecule has 0 bridgehead atoms. The third-order valence-corrected chi connectivity index (χ3v) is 6.86. The zero-order chi connectivity index (χ0) is 23.8. The predicted molar refractivity (Wildman–Crippen MR) is 120 cm³/mol. The topological polar surface area (TPSA) is 127 Å². The summed E-state index contributed by atoms with van der Waals surface area (Å²) in [6.07, 6.45) is 1.88. The minimum absolute atomic E-state index is 0.00358. The van der Waals surface area contributed by atoms with Crippen LogP contribution >= 0.6 is 0 Å². The van der Waals surface area contributed by atoms with Crippen LogP contribution in [0, 0.1) is 5.92 Å². The molecular weight excluding hydrogens is 446 g/mol. The second kappa shape index (κ2) is 8.95. The van der Waals surface area contributed by atoms with Gasteiger partial charge in [0.1, 0.15) is 11.8 Å². The van der Waals surface area contributed by atoms with E-state index in [4.69, 9.17) is 9.88 Å². The number of nitrogens with two attached hydrogens (primary N) is 1. The standard InChI is InChI=1S/C23H25N3O6S/c1-32-18-8-6-17(7-9-18)26-21(27)14-20(23(26)29)25(22(28)16-4-5-16)13-12-15-2-10-19(11-3-15)33(24,30)31/h2-3,6-11,16,20H,4-5,12-14H2,1H3,(H2,24,30,31). The van der Waals surface area contributed by atoms with Gasteiger partial charge in [-0.05, 0) is 61.2 Å². The first-order valence-electron chi connectivity index (χ1n) is 10.6. The summed E-state index contributed by atoms with van der Waals surface area (Å²) < 4.78 is 28.0. The van der Waals surface area contributed by atoms with Gasteiger partial charge < -0.3 is 9.64 Å². The number of hydrogen-bond donors (Lipinski definition) is 1. The lowest BCUT2D eigenvalue weighted by Gasteiger charge is -2.28. The third-order valence-electron chi connectivity index (χ3n) is 5.93. The Morgan fingerprint density at radius 2 is 1.73 bits per heavy atom. The van der Waals surface area contributed by atoms with Crippen LogP contribution in [0.15, 0.2) is 53.4 Å². The summed E-state index contributed by atoms with van der Waals surface area (Å²) in [7, 11) is -2.26. The van der Waals surface area contributed by atoms with E-state index in [1.165, 1.54) is 24.1 Å². The molecule has 1 aliphatic carbocycles. The lowest BCUT2D eigenvalue weighted by atomic mass is 10.1. The number of methoxy groups -OCH3 is 1. The molecule has 1 saturated carbocycles. The quantitative estimate of drug-likeness (QED) is 0.581. The van der Waals surface area contributed by atoms with E-state index in [9.17, 15) is 22.8 Å². The molecule has 174 valence electrons. The lowest BCUT2D eigenvalue weighted by molar-refractivity contribution is -0.139. The first-order valence-corrected chi connectivity index (χ1v) is 12.2. The highest BCUT2D eigenvalue weighted by atomic mass is 32.2. The van der Waals surface area contributed by atoms with Gasteiger partial charge in [0.2, 0.25) is 21.8 Å². The van der Waals surface area contributed by atoms with E-state index >= 15 is 0 Å². The number of anilines is 1. The molecule has 3 amide bonds. The molecule has 9 nitrogen and oxygen atoms in total. The number of hydrogen-bond acceptors (Lipinski definition) is 6. The average Bonchev–Trinajstić information content (AvgIpc) is 3.60. The molecule has 2 N–H and O–H groups in total. The molecule has 1 saturated heterocycles. The fourth-order valence-corrected chi connectivity index (χ4v) is 4.46. The van der Waals surface area contributed by atoms with Crippen molar-refractivity contribution in [3.05, 3.63) is 54.1 Å². The lowest BCUT2D eigenvalue weighted by Crippen LogP contribution is -2.47. The first-order chi connectivity index (χ1) is 15.7. The molecule has 1 heterocycles. The van der Waals surface area contributed by atoms with Gasteiger partial charge in [-0.25, -0.2) is 18.5 Å². The molecule has 10 heteroatoms. The normalized spacial score (nSPS) is 18.5. The maximum absolute atomic E-state index is 13.2. The Morgan fingerprint density at radius 1 is 1.09 bits per heavy atom. The highest BCUT2D eigenvalue weighted by Crippen LogP contribution is 2.34. The van der Waals surface area contributed by atoms with Gasteiger partial charge in [0, 0.05) is 12.5 Å². The molecule has 2 aliphatic rings. The average molecular weight is 472 g/mol. The van der Waals surface area contributed by atoms with E-state index < -0.39 is 22.0 Å². The SMILES string of the molecule is COc1ccc(N2C(=O)CC(N(CCc3ccc(S(N)(=O)=O)cc3)C(=O)C3CC3)C2=O)cc1. The van der Waals surface area contributed by atoms with Crippen molar-refractivity contribution in [3.63, 3.8) is 0 Å². The van der Waals surface area contributed by atoms with Crippen molar-refractivity contribution in [3.8, 4) is 5.75 Å². The number of amides is 3. The van der Waals surface area contributed by atoms with Gasteiger partial charge in [0.25, 0.3) is 5.91 Å². The fraction of sp³-hybridized carbons (Fsp3) is 0.348. The summed E-state index contributed by atoms with van der Waals surface area (Å²) in [6, 6.07) is 11.8. The fourth-order valence-electron chi connectivity index (χ4n) is 3.94. The van der Waals surface area contributed by atoms with Crippen LogP contribution in [0.5, 0.6) is 5.75 Å². The summed E-state index contributed by atoms with van der Waals surface area (Å²) in [6.45, 7) is 0.240. The zero-order valence-corrected chi connectivity index (χ0v) is 19.0. The number of imide groups is 1. The minimum Gasteiger partial charge on any atom is -0.497 e. The molecule has 1 unspecified atom stereocenters. The van der Waals surface area contributed by atoms with Gasteiger partial charge in [0.05, 0.1) is 24.1 Å². The molecule has 33 heavy (non-hydrogen) atoms. The molecule has 0 aromatic heterocycles. The van der Waals surface area contributed by atoms with Crippen molar-refractivity contribution in [2.24, 2.45) is 11.1 Å². The number of sulfonamides is 1. The van der Waals surface area contributed by atoms with Crippen LogP contribution in [0.2, 0.25) is 0 Å².